The number of rotatable bonds is 5. The summed E-state index contributed by atoms with van der Waals surface area (Å²) in [6.07, 6.45) is 9.89. The molecule has 2 amide bonds. The number of hydrogen-bond donors (Lipinski definition) is 1. The van der Waals surface area contributed by atoms with Gasteiger partial charge < -0.3 is 15.1 Å². The third-order valence-corrected chi connectivity index (χ3v) is 5.07. The molecule has 122 valence electrons. The van der Waals surface area contributed by atoms with Gasteiger partial charge in [0, 0.05) is 25.2 Å². The molecule has 1 N–H and O–H groups in total. The van der Waals surface area contributed by atoms with Gasteiger partial charge in [0.05, 0.1) is 0 Å². The van der Waals surface area contributed by atoms with Crippen LogP contribution in [-0.4, -0.2) is 54.1 Å². The summed E-state index contributed by atoms with van der Waals surface area (Å²) in [5, 5.41) is 3.09. The molecule has 2 aliphatic heterocycles. The highest BCUT2D eigenvalue weighted by molar-refractivity contribution is 5.74. The highest BCUT2D eigenvalue weighted by Gasteiger charge is 2.31. The van der Waals surface area contributed by atoms with Crippen molar-refractivity contribution in [3.8, 4) is 0 Å². The van der Waals surface area contributed by atoms with Crippen LogP contribution in [0.3, 0.4) is 0 Å². The van der Waals surface area contributed by atoms with E-state index >= 15 is 0 Å². The van der Waals surface area contributed by atoms with Crippen molar-refractivity contribution in [1.29, 1.82) is 0 Å². The standard InChI is InChI=1S/C17H33N3O/c1-3-4-6-10-18-17(21)20-13-9-16(14-15(20)2)19-11-7-5-8-12-19/h15-16H,3-14H2,1-2H3,(H,18,21)/t15-,16?/m0/s1. The first-order chi connectivity index (χ1) is 10.2. The Morgan fingerprint density at radius 3 is 2.57 bits per heavy atom. The zero-order chi connectivity index (χ0) is 15.1. The van der Waals surface area contributed by atoms with Crippen LogP contribution in [0, 0.1) is 0 Å². The Labute approximate surface area is 130 Å². The molecule has 0 radical (unpaired) electrons. The number of nitrogens with zero attached hydrogens (tertiary/aromatic N) is 2. The Balaban J connectivity index is 1.73. The summed E-state index contributed by atoms with van der Waals surface area (Å²) in [7, 11) is 0. The van der Waals surface area contributed by atoms with E-state index in [0.717, 1.165) is 32.4 Å². The predicted molar refractivity (Wildman–Crippen MR) is 87.5 cm³/mol. The van der Waals surface area contributed by atoms with E-state index in [2.05, 4.69) is 24.1 Å². The zero-order valence-corrected chi connectivity index (χ0v) is 13.9. The highest BCUT2D eigenvalue weighted by atomic mass is 16.2. The van der Waals surface area contributed by atoms with Crippen LogP contribution < -0.4 is 5.32 Å². The molecule has 1 unspecified atom stereocenters. The minimum atomic E-state index is 0.149. The minimum Gasteiger partial charge on any atom is -0.338 e. The predicted octanol–water partition coefficient (Wildman–Crippen LogP) is 3.23. The van der Waals surface area contributed by atoms with Crippen molar-refractivity contribution in [2.24, 2.45) is 0 Å². The molecule has 4 nitrogen and oxygen atoms in total. The minimum absolute atomic E-state index is 0.149. The molecule has 21 heavy (non-hydrogen) atoms. The third kappa shape index (κ3) is 4.87. The van der Waals surface area contributed by atoms with E-state index < -0.39 is 0 Å². The van der Waals surface area contributed by atoms with Crippen LogP contribution in [0.2, 0.25) is 0 Å². The van der Waals surface area contributed by atoms with Gasteiger partial charge in [-0.25, -0.2) is 4.79 Å². The number of unbranched alkanes of at least 4 members (excludes halogenated alkanes) is 2. The van der Waals surface area contributed by atoms with E-state index in [1.807, 2.05) is 4.90 Å². The van der Waals surface area contributed by atoms with E-state index in [4.69, 9.17) is 0 Å². The maximum Gasteiger partial charge on any atom is 0.317 e. The second-order valence-corrected chi connectivity index (χ2v) is 6.76. The first-order valence-electron chi connectivity index (χ1n) is 9.01. The smallest absolute Gasteiger partial charge is 0.317 e. The van der Waals surface area contributed by atoms with Crippen molar-refractivity contribution in [2.75, 3.05) is 26.2 Å². The molecule has 2 aliphatic rings. The average Bonchev–Trinajstić information content (AvgIpc) is 2.52. The molecule has 2 heterocycles. The van der Waals surface area contributed by atoms with Crippen molar-refractivity contribution in [3.63, 3.8) is 0 Å². The van der Waals surface area contributed by atoms with Gasteiger partial charge in [-0.2, -0.15) is 0 Å². The van der Waals surface area contributed by atoms with Crippen LogP contribution in [0.15, 0.2) is 0 Å². The molecule has 0 spiro atoms. The number of piperidine rings is 2. The summed E-state index contributed by atoms with van der Waals surface area (Å²) in [6, 6.07) is 1.22. The fourth-order valence-electron chi connectivity index (χ4n) is 3.74. The van der Waals surface area contributed by atoms with Crippen LogP contribution in [0.4, 0.5) is 4.79 Å². The molecule has 0 aromatic rings. The quantitative estimate of drug-likeness (QED) is 0.790. The SMILES string of the molecule is CCCCCNC(=O)N1CCC(N2CCCCC2)C[C@@H]1C. The maximum absolute atomic E-state index is 12.3. The maximum atomic E-state index is 12.3. The summed E-state index contributed by atoms with van der Waals surface area (Å²) < 4.78 is 0. The van der Waals surface area contributed by atoms with Crippen LogP contribution >= 0.6 is 0 Å². The first-order valence-corrected chi connectivity index (χ1v) is 9.01. The lowest BCUT2D eigenvalue weighted by Crippen LogP contribution is -2.54. The van der Waals surface area contributed by atoms with Gasteiger partial charge in [-0.1, -0.05) is 26.2 Å². The molecule has 2 fully saturated rings. The number of carbonyl (C=O) groups excluding carboxylic acids is 1. The topological polar surface area (TPSA) is 35.6 Å². The largest absolute Gasteiger partial charge is 0.338 e. The Morgan fingerprint density at radius 2 is 1.90 bits per heavy atom. The van der Waals surface area contributed by atoms with Gasteiger partial charge in [0.1, 0.15) is 0 Å². The van der Waals surface area contributed by atoms with Gasteiger partial charge in [0.15, 0.2) is 0 Å². The Hall–Kier alpha value is -0.770. The monoisotopic (exact) mass is 295 g/mol. The zero-order valence-electron chi connectivity index (χ0n) is 13.9. The van der Waals surface area contributed by atoms with Crippen LogP contribution in [0.25, 0.3) is 0 Å². The Bertz CT molecular complexity index is 315. The molecule has 0 aromatic carbocycles. The van der Waals surface area contributed by atoms with Crippen molar-refractivity contribution < 1.29 is 4.79 Å². The molecule has 0 saturated carbocycles. The van der Waals surface area contributed by atoms with Gasteiger partial charge in [-0.05, 0) is 52.1 Å². The van der Waals surface area contributed by atoms with Crippen molar-refractivity contribution in [1.82, 2.24) is 15.1 Å². The number of urea groups is 1. The fourth-order valence-corrected chi connectivity index (χ4v) is 3.74. The molecule has 2 rings (SSSR count). The van der Waals surface area contributed by atoms with Gasteiger partial charge in [0.25, 0.3) is 0 Å². The van der Waals surface area contributed by atoms with Gasteiger partial charge in [-0.15, -0.1) is 0 Å². The molecule has 2 atom stereocenters. The number of nitrogens with one attached hydrogen (secondary N) is 1. The van der Waals surface area contributed by atoms with Crippen LogP contribution in [0.5, 0.6) is 0 Å². The normalized spacial score (nSPS) is 27.6. The number of hydrogen-bond acceptors (Lipinski definition) is 2. The molecule has 2 saturated heterocycles. The summed E-state index contributed by atoms with van der Waals surface area (Å²) >= 11 is 0. The molecule has 0 bridgehead atoms. The lowest BCUT2D eigenvalue weighted by Gasteiger charge is -2.43. The summed E-state index contributed by atoms with van der Waals surface area (Å²) in [4.78, 5) is 17.0. The van der Waals surface area contributed by atoms with Crippen LogP contribution in [0.1, 0.15) is 65.2 Å². The Morgan fingerprint density at radius 1 is 1.14 bits per heavy atom. The van der Waals surface area contributed by atoms with E-state index in [0.29, 0.717) is 12.1 Å². The van der Waals surface area contributed by atoms with Gasteiger partial charge in [-0.3, -0.25) is 0 Å². The fraction of sp³-hybridized carbons (Fsp3) is 0.941. The Kier molecular flexibility index (Phi) is 6.81. The van der Waals surface area contributed by atoms with E-state index in [-0.39, 0.29) is 6.03 Å². The van der Waals surface area contributed by atoms with E-state index in [1.54, 1.807) is 0 Å². The van der Waals surface area contributed by atoms with Crippen molar-refractivity contribution >= 4 is 6.03 Å². The second-order valence-electron chi connectivity index (χ2n) is 6.76. The average molecular weight is 295 g/mol. The van der Waals surface area contributed by atoms with Crippen molar-refractivity contribution in [2.45, 2.75) is 77.3 Å². The van der Waals surface area contributed by atoms with Crippen molar-refractivity contribution in [3.05, 3.63) is 0 Å². The molecular weight excluding hydrogens is 262 g/mol. The lowest BCUT2D eigenvalue weighted by molar-refractivity contribution is 0.0761. The summed E-state index contributed by atoms with van der Waals surface area (Å²) in [6.45, 7) is 8.67. The second kappa shape index (κ2) is 8.62. The number of amides is 2. The van der Waals surface area contributed by atoms with Crippen LogP contribution in [-0.2, 0) is 0 Å². The van der Waals surface area contributed by atoms with Gasteiger partial charge >= 0.3 is 6.03 Å². The number of carbonyl (C=O) groups is 1. The van der Waals surface area contributed by atoms with Gasteiger partial charge in [0.2, 0.25) is 0 Å². The number of likely N-dealkylation sites (tertiary alicyclic amines) is 2. The molecular formula is C17H33N3O. The molecule has 4 heteroatoms. The van der Waals surface area contributed by atoms with E-state index in [9.17, 15) is 4.79 Å². The molecule has 0 aliphatic carbocycles. The lowest BCUT2D eigenvalue weighted by atomic mass is 9.95. The summed E-state index contributed by atoms with van der Waals surface area (Å²) in [5.74, 6) is 0. The first kappa shape index (κ1) is 16.6. The van der Waals surface area contributed by atoms with E-state index in [1.165, 1.54) is 45.2 Å². The third-order valence-electron chi connectivity index (χ3n) is 5.07. The summed E-state index contributed by atoms with van der Waals surface area (Å²) in [5.41, 5.74) is 0. The highest BCUT2D eigenvalue weighted by Crippen LogP contribution is 2.24. The molecule has 0 aromatic heterocycles.